The maximum absolute atomic E-state index is 5.71. The van der Waals surface area contributed by atoms with Crippen molar-refractivity contribution >= 4 is 0 Å². The van der Waals surface area contributed by atoms with Crippen molar-refractivity contribution in [1.82, 2.24) is 5.32 Å². The van der Waals surface area contributed by atoms with Crippen LogP contribution in [0.25, 0.3) is 0 Å². The Hall–Kier alpha value is -1.26. The summed E-state index contributed by atoms with van der Waals surface area (Å²) in [6.45, 7) is 5.20. The Balaban J connectivity index is 1.51. The number of hydrogen-bond donors (Lipinski definition) is 1. The molecule has 110 valence electrons. The summed E-state index contributed by atoms with van der Waals surface area (Å²) in [5.74, 6) is 2.40. The van der Waals surface area contributed by atoms with Gasteiger partial charge in [-0.2, -0.15) is 0 Å². The normalized spacial score (nSPS) is 22.3. The van der Waals surface area contributed by atoms with Crippen LogP contribution in [0.1, 0.15) is 24.8 Å². The Labute approximate surface area is 120 Å². The lowest BCUT2D eigenvalue weighted by atomic mass is 10.0. The van der Waals surface area contributed by atoms with E-state index < -0.39 is 0 Å². The Morgan fingerprint density at radius 2 is 1.95 bits per heavy atom. The molecule has 4 heteroatoms. The van der Waals surface area contributed by atoms with E-state index in [4.69, 9.17) is 14.2 Å². The molecule has 0 spiro atoms. The third-order valence-corrected chi connectivity index (χ3v) is 3.83. The van der Waals surface area contributed by atoms with E-state index in [-0.39, 0.29) is 0 Å². The van der Waals surface area contributed by atoms with Crippen LogP contribution in [-0.2, 0) is 11.3 Å². The van der Waals surface area contributed by atoms with E-state index in [0.29, 0.717) is 5.92 Å². The molecule has 1 saturated heterocycles. The average molecular weight is 277 g/mol. The second-order valence-electron chi connectivity index (χ2n) is 5.55. The molecule has 4 nitrogen and oxygen atoms in total. The number of hydrogen-bond acceptors (Lipinski definition) is 4. The van der Waals surface area contributed by atoms with Gasteiger partial charge >= 0.3 is 0 Å². The molecule has 20 heavy (non-hydrogen) atoms. The first-order chi connectivity index (χ1) is 9.92. The van der Waals surface area contributed by atoms with Crippen molar-refractivity contribution in [1.29, 1.82) is 0 Å². The maximum atomic E-state index is 5.71. The molecule has 3 rings (SSSR count). The highest BCUT2D eigenvalue weighted by atomic mass is 16.5. The van der Waals surface area contributed by atoms with E-state index in [1.54, 1.807) is 0 Å². The summed E-state index contributed by atoms with van der Waals surface area (Å²) < 4.78 is 16.9. The van der Waals surface area contributed by atoms with E-state index in [1.807, 2.05) is 6.07 Å². The largest absolute Gasteiger partial charge is 0.490 e. The van der Waals surface area contributed by atoms with Crippen LogP contribution < -0.4 is 14.8 Å². The van der Waals surface area contributed by atoms with Crippen LogP contribution in [0.15, 0.2) is 18.2 Å². The number of nitrogens with one attached hydrogen (secondary N) is 1. The van der Waals surface area contributed by atoms with Crippen molar-refractivity contribution in [2.24, 2.45) is 5.92 Å². The summed E-state index contributed by atoms with van der Waals surface area (Å²) in [5, 5.41) is 3.52. The molecular weight excluding hydrogens is 254 g/mol. The lowest BCUT2D eigenvalue weighted by Crippen LogP contribution is -2.28. The molecule has 1 N–H and O–H groups in total. The molecule has 0 aromatic heterocycles. The SMILES string of the molecule is c1cc2c(cc1CNCC1CCCOC1)OCCCO2. The quantitative estimate of drug-likeness (QED) is 0.917. The van der Waals surface area contributed by atoms with Gasteiger partial charge in [0.2, 0.25) is 0 Å². The molecule has 1 aromatic rings. The molecule has 2 heterocycles. The topological polar surface area (TPSA) is 39.7 Å². The monoisotopic (exact) mass is 277 g/mol. The van der Waals surface area contributed by atoms with E-state index in [9.17, 15) is 0 Å². The Bertz CT molecular complexity index is 430. The highest BCUT2D eigenvalue weighted by molar-refractivity contribution is 5.43. The van der Waals surface area contributed by atoms with Crippen molar-refractivity contribution in [2.45, 2.75) is 25.8 Å². The molecule has 1 aromatic carbocycles. The predicted octanol–water partition coefficient (Wildman–Crippen LogP) is 2.36. The van der Waals surface area contributed by atoms with Crippen LogP contribution in [0.2, 0.25) is 0 Å². The first kappa shape index (κ1) is 13.7. The zero-order chi connectivity index (χ0) is 13.6. The number of rotatable bonds is 4. The van der Waals surface area contributed by atoms with Gasteiger partial charge in [0.25, 0.3) is 0 Å². The predicted molar refractivity (Wildman–Crippen MR) is 77.3 cm³/mol. The number of ether oxygens (including phenoxy) is 3. The number of benzene rings is 1. The third-order valence-electron chi connectivity index (χ3n) is 3.83. The second-order valence-corrected chi connectivity index (χ2v) is 5.55. The summed E-state index contributed by atoms with van der Waals surface area (Å²) in [4.78, 5) is 0. The highest BCUT2D eigenvalue weighted by Crippen LogP contribution is 2.30. The van der Waals surface area contributed by atoms with Crippen molar-refractivity contribution in [2.75, 3.05) is 33.0 Å². The summed E-state index contributed by atoms with van der Waals surface area (Å²) in [7, 11) is 0. The minimum Gasteiger partial charge on any atom is -0.490 e. The molecule has 0 bridgehead atoms. The second kappa shape index (κ2) is 6.95. The van der Waals surface area contributed by atoms with Gasteiger partial charge in [-0.25, -0.2) is 0 Å². The fourth-order valence-electron chi connectivity index (χ4n) is 2.71. The lowest BCUT2D eigenvalue weighted by molar-refractivity contribution is 0.0547. The minimum atomic E-state index is 0.657. The van der Waals surface area contributed by atoms with Gasteiger partial charge in [-0.15, -0.1) is 0 Å². The van der Waals surface area contributed by atoms with E-state index >= 15 is 0 Å². The first-order valence-electron chi connectivity index (χ1n) is 7.59. The van der Waals surface area contributed by atoms with Crippen molar-refractivity contribution in [3.63, 3.8) is 0 Å². The van der Waals surface area contributed by atoms with Crippen LogP contribution >= 0.6 is 0 Å². The molecule has 1 fully saturated rings. The molecule has 2 aliphatic heterocycles. The van der Waals surface area contributed by atoms with E-state index in [0.717, 1.165) is 57.4 Å². The standard InChI is InChI=1S/C16H23NO3/c1-3-14(12-18-6-1)11-17-10-13-4-5-15-16(9-13)20-8-2-7-19-15/h4-5,9,14,17H,1-3,6-8,10-12H2. The van der Waals surface area contributed by atoms with Gasteiger partial charge in [0, 0.05) is 26.1 Å². The fourth-order valence-corrected chi connectivity index (χ4v) is 2.71. The maximum Gasteiger partial charge on any atom is 0.161 e. The molecule has 0 amide bonds. The third kappa shape index (κ3) is 3.64. The smallest absolute Gasteiger partial charge is 0.161 e. The summed E-state index contributed by atoms with van der Waals surface area (Å²) >= 11 is 0. The summed E-state index contributed by atoms with van der Waals surface area (Å²) in [6.07, 6.45) is 3.41. The fraction of sp³-hybridized carbons (Fsp3) is 0.625. The Morgan fingerprint density at radius 1 is 1.05 bits per heavy atom. The summed E-state index contributed by atoms with van der Waals surface area (Å²) in [6, 6.07) is 6.21. The zero-order valence-electron chi connectivity index (χ0n) is 11.9. The van der Waals surface area contributed by atoms with Gasteiger partial charge in [0.1, 0.15) is 0 Å². The van der Waals surface area contributed by atoms with Crippen LogP contribution in [0, 0.1) is 5.92 Å². The van der Waals surface area contributed by atoms with Crippen molar-refractivity contribution < 1.29 is 14.2 Å². The molecule has 2 aliphatic rings. The van der Waals surface area contributed by atoms with Crippen molar-refractivity contribution in [3.8, 4) is 11.5 Å². The van der Waals surface area contributed by atoms with Crippen LogP contribution in [0.5, 0.6) is 11.5 Å². The number of fused-ring (bicyclic) bond motifs is 1. The van der Waals surface area contributed by atoms with Gasteiger partial charge in [0.15, 0.2) is 11.5 Å². The first-order valence-corrected chi connectivity index (χ1v) is 7.59. The minimum absolute atomic E-state index is 0.657. The zero-order valence-corrected chi connectivity index (χ0v) is 11.9. The van der Waals surface area contributed by atoms with Gasteiger partial charge in [-0.3, -0.25) is 0 Å². The Morgan fingerprint density at radius 3 is 2.80 bits per heavy atom. The van der Waals surface area contributed by atoms with Gasteiger partial charge < -0.3 is 19.5 Å². The highest BCUT2D eigenvalue weighted by Gasteiger charge is 2.14. The van der Waals surface area contributed by atoms with Crippen molar-refractivity contribution in [3.05, 3.63) is 23.8 Å². The Kier molecular flexibility index (Phi) is 4.77. The van der Waals surface area contributed by atoms with Crippen LogP contribution in [-0.4, -0.2) is 33.0 Å². The lowest BCUT2D eigenvalue weighted by Gasteiger charge is -2.22. The molecular formula is C16H23NO3. The molecule has 0 aliphatic carbocycles. The van der Waals surface area contributed by atoms with Crippen LogP contribution in [0.4, 0.5) is 0 Å². The van der Waals surface area contributed by atoms with Gasteiger partial charge in [-0.1, -0.05) is 6.07 Å². The van der Waals surface area contributed by atoms with Gasteiger partial charge in [-0.05, 0) is 36.5 Å². The summed E-state index contributed by atoms with van der Waals surface area (Å²) in [5.41, 5.74) is 1.24. The molecule has 0 radical (unpaired) electrons. The van der Waals surface area contributed by atoms with E-state index in [2.05, 4.69) is 17.4 Å². The van der Waals surface area contributed by atoms with Gasteiger partial charge in [0.05, 0.1) is 19.8 Å². The molecule has 1 atom stereocenters. The molecule has 0 saturated carbocycles. The van der Waals surface area contributed by atoms with E-state index in [1.165, 1.54) is 18.4 Å². The average Bonchev–Trinajstić information content (AvgIpc) is 2.73. The van der Waals surface area contributed by atoms with Crippen LogP contribution in [0.3, 0.4) is 0 Å². The molecule has 1 unspecified atom stereocenters.